The molecule has 0 N–H and O–H groups in total. The summed E-state index contributed by atoms with van der Waals surface area (Å²) < 4.78 is 0. The van der Waals surface area contributed by atoms with Crippen molar-refractivity contribution in [3.8, 4) is 67.5 Å². The molecule has 0 saturated heterocycles. The molecule has 6 aromatic carbocycles. The molecule has 288 valence electrons. The maximum Gasteiger partial charge on any atom is 0.160 e. The molecule has 0 radical (unpaired) electrons. The monoisotopic (exact) mass is 772 g/mol. The van der Waals surface area contributed by atoms with Crippen LogP contribution >= 0.6 is 0 Å². The molecule has 0 spiro atoms. The van der Waals surface area contributed by atoms with Gasteiger partial charge in [-0.15, -0.1) is 0 Å². The summed E-state index contributed by atoms with van der Waals surface area (Å²) in [5.74, 6) is 1.10. The molecule has 4 heteroatoms. The van der Waals surface area contributed by atoms with Crippen molar-refractivity contribution in [1.29, 1.82) is 0 Å². The molecule has 10 rings (SSSR count). The third kappa shape index (κ3) is 7.33. The van der Waals surface area contributed by atoms with E-state index in [0.717, 1.165) is 89.9 Å². The summed E-state index contributed by atoms with van der Waals surface area (Å²) in [6.07, 6.45) is 9.78. The van der Waals surface area contributed by atoms with Gasteiger partial charge in [-0.2, -0.15) is 0 Å². The van der Waals surface area contributed by atoms with Crippen LogP contribution in [0.25, 0.3) is 89.4 Å². The molecule has 0 saturated carbocycles. The highest BCUT2D eigenvalue weighted by molar-refractivity contribution is 6.05. The van der Waals surface area contributed by atoms with Crippen molar-refractivity contribution in [1.82, 2.24) is 19.9 Å². The van der Waals surface area contributed by atoms with Crippen molar-refractivity contribution >= 4 is 21.8 Å². The van der Waals surface area contributed by atoms with Gasteiger partial charge in [0, 0.05) is 44.5 Å². The predicted octanol–water partition coefficient (Wildman–Crippen LogP) is 14.5. The minimum atomic E-state index is -0.0704. The summed E-state index contributed by atoms with van der Waals surface area (Å²) >= 11 is 0. The Morgan fingerprint density at radius 3 is 1.67 bits per heavy atom. The molecule has 1 aliphatic rings. The van der Waals surface area contributed by atoms with Crippen LogP contribution in [0.1, 0.15) is 44.2 Å². The largest absolute Gasteiger partial charge is 0.245 e. The van der Waals surface area contributed by atoms with E-state index in [1.807, 2.05) is 12.1 Å². The Morgan fingerprint density at radius 1 is 0.433 bits per heavy atom. The lowest BCUT2D eigenvalue weighted by Crippen LogP contribution is -2.12. The first-order valence-corrected chi connectivity index (χ1v) is 20.7. The Kier molecular flexibility index (Phi) is 9.54. The number of hydrogen-bond acceptors (Lipinski definition) is 4. The normalized spacial score (nSPS) is 13.9. The summed E-state index contributed by atoms with van der Waals surface area (Å²) in [5, 5.41) is 2.22. The van der Waals surface area contributed by atoms with Crippen LogP contribution in [0.2, 0.25) is 0 Å². The first-order chi connectivity index (χ1) is 29.3. The van der Waals surface area contributed by atoms with Gasteiger partial charge in [-0.1, -0.05) is 191 Å². The molecule has 60 heavy (non-hydrogen) atoms. The number of fused-ring (bicyclic) bond motifs is 3. The molecule has 3 heterocycles. The second-order valence-electron chi connectivity index (χ2n) is 16.7. The molecule has 1 aliphatic carbocycles. The first kappa shape index (κ1) is 37.0. The Hall–Kier alpha value is -7.30. The summed E-state index contributed by atoms with van der Waals surface area (Å²) in [6, 6.07) is 59.9. The van der Waals surface area contributed by atoms with E-state index in [2.05, 4.69) is 203 Å². The Balaban J connectivity index is 0.992. The van der Waals surface area contributed by atoms with Gasteiger partial charge in [0.05, 0.1) is 33.8 Å². The van der Waals surface area contributed by atoms with E-state index >= 15 is 0 Å². The lowest BCUT2D eigenvalue weighted by atomic mass is 9.83. The predicted molar refractivity (Wildman–Crippen MR) is 250 cm³/mol. The van der Waals surface area contributed by atoms with Gasteiger partial charge in [-0.05, 0) is 58.4 Å². The quantitative estimate of drug-likeness (QED) is 0.151. The average Bonchev–Trinajstić information content (AvgIpc) is 3.31. The molecular formula is C56H44N4. The highest BCUT2D eigenvalue weighted by atomic mass is 14.9. The van der Waals surface area contributed by atoms with Crippen molar-refractivity contribution in [2.24, 2.45) is 0 Å². The standard InChI is InChI=1S/C56H44N4/c1-56(2,3)48-35-50(40-16-9-5-10-17-40)58-54-47(48)32-30-44-31-33-49(57-53(44)54)42-26-24-39(25-27-42)45-20-13-21-46(34-45)55-59-51(41-18-11-6-12-19-41)36-52(60-55)43-28-22-38(23-29-43)37-14-7-4-8-15-37/h4-14,16-37H,15H2,1-3H3. The minimum Gasteiger partial charge on any atom is -0.245 e. The zero-order valence-corrected chi connectivity index (χ0v) is 34.0. The van der Waals surface area contributed by atoms with Crippen LogP contribution < -0.4 is 0 Å². The van der Waals surface area contributed by atoms with Crippen molar-refractivity contribution < 1.29 is 0 Å². The number of aromatic nitrogens is 4. The Morgan fingerprint density at radius 2 is 1.00 bits per heavy atom. The molecular weight excluding hydrogens is 729 g/mol. The maximum atomic E-state index is 5.30. The zero-order chi connectivity index (χ0) is 40.6. The maximum absolute atomic E-state index is 5.30. The fraction of sp³-hybridized carbons (Fsp3) is 0.107. The van der Waals surface area contributed by atoms with Crippen molar-refractivity contribution in [3.63, 3.8) is 0 Å². The summed E-state index contributed by atoms with van der Waals surface area (Å²) in [5.41, 5.74) is 15.5. The molecule has 9 aromatic rings. The molecule has 1 atom stereocenters. The van der Waals surface area contributed by atoms with Crippen LogP contribution in [-0.2, 0) is 5.41 Å². The van der Waals surface area contributed by atoms with Crippen LogP contribution in [0.4, 0.5) is 0 Å². The summed E-state index contributed by atoms with van der Waals surface area (Å²) in [4.78, 5) is 20.9. The molecule has 3 aromatic heterocycles. The van der Waals surface area contributed by atoms with E-state index in [9.17, 15) is 0 Å². The SMILES string of the molecule is CC(C)(C)c1cc(-c2ccccc2)nc2c1ccc1ccc(-c3ccc(-c4cccc(-c5nc(-c6ccccc6)cc(-c6ccc(C7C=CC=CC7)cc6)n5)c4)cc3)nc12. The molecule has 0 amide bonds. The second-order valence-corrected chi connectivity index (χ2v) is 16.7. The van der Waals surface area contributed by atoms with E-state index in [1.165, 1.54) is 11.1 Å². The minimum absolute atomic E-state index is 0.0704. The zero-order valence-electron chi connectivity index (χ0n) is 34.0. The van der Waals surface area contributed by atoms with E-state index in [0.29, 0.717) is 11.7 Å². The lowest BCUT2D eigenvalue weighted by molar-refractivity contribution is 0.595. The van der Waals surface area contributed by atoms with Gasteiger partial charge >= 0.3 is 0 Å². The van der Waals surface area contributed by atoms with E-state index in [1.54, 1.807) is 0 Å². The van der Waals surface area contributed by atoms with E-state index in [4.69, 9.17) is 19.9 Å². The average molecular weight is 773 g/mol. The number of benzene rings is 6. The van der Waals surface area contributed by atoms with Gasteiger partial charge in [-0.3, -0.25) is 0 Å². The number of hydrogen-bond donors (Lipinski definition) is 0. The molecule has 1 unspecified atom stereocenters. The highest BCUT2D eigenvalue weighted by Gasteiger charge is 2.21. The molecule has 0 bridgehead atoms. The van der Waals surface area contributed by atoms with Gasteiger partial charge in [0.1, 0.15) is 0 Å². The van der Waals surface area contributed by atoms with E-state index in [-0.39, 0.29) is 5.41 Å². The van der Waals surface area contributed by atoms with Gasteiger partial charge in [0.15, 0.2) is 5.82 Å². The Labute approximate surface area is 351 Å². The third-order valence-corrected chi connectivity index (χ3v) is 11.6. The fourth-order valence-corrected chi connectivity index (χ4v) is 8.29. The Bertz CT molecular complexity index is 3070. The topological polar surface area (TPSA) is 51.6 Å². The summed E-state index contributed by atoms with van der Waals surface area (Å²) in [7, 11) is 0. The first-order valence-electron chi connectivity index (χ1n) is 20.7. The fourth-order valence-electron chi connectivity index (χ4n) is 8.29. The van der Waals surface area contributed by atoms with Crippen LogP contribution in [-0.4, -0.2) is 19.9 Å². The number of pyridine rings is 2. The van der Waals surface area contributed by atoms with Gasteiger partial charge in [0.2, 0.25) is 0 Å². The van der Waals surface area contributed by atoms with Crippen LogP contribution in [0.15, 0.2) is 194 Å². The van der Waals surface area contributed by atoms with Crippen LogP contribution in [0, 0.1) is 0 Å². The lowest BCUT2D eigenvalue weighted by Gasteiger charge is -2.23. The molecule has 0 aliphatic heterocycles. The number of rotatable bonds is 7. The third-order valence-electron chi connectivity index (χ3n) is 11.6. The molecule has 0 fully saturated rings. The number of allylic oxidation sites excluding steroid dienone is 4. The highest BCUT2D eigenvalue weighted by Crippen LogP contribution is 2.37. The van der Waals surface area contributed by atoms with Crippen molar-refractivity contribution in [3.05, 3.63) is 205 Å². The smallest absolute Gasteiger partial charge is 0.160 e. The van der Waals surface area contributed by atoms with Gasteiger partial charge < -0.3 is 0 Å². The molecule has 4 nitrogen and oxygen atoms in total. The summed E-state index contributed by atoms with van der Waals surface area (Å²) in [6.45, 7) is 6.80. The van der Waals surface area contributed by atoms with Crippen molar-refractivity contribution in [2.45, 2.75) is 38.5 Å². The van der Waals surface area contributed by atoms with Crippen LogP contribution in [0.5, 0.6) is 0 Å². The number of nitrogens with zero attached hydrogens (tertiary/aromatic N) is 4. The van der Waals surface area contributed by atoms with Gasteiger partial charge in [-0.25, -0.2) is 19.9 Å². The van der Waals surface area contributed by atoms with Crippen LogP contribution in [0.3, 0.4) is 0 Å². The van der Waals surface area contributed by atoms with Gasteiger partial charge in [0.25, 0.3) is 0 Å². The van der Waals surface area contributed by atoms with E-state index < -0.39 is 0 Å². The second kappa shape index (κ2) is 15.5. The van der Waals surface area contributed by atoms with Crippen molar-refractivity contribution in [2.75, 3.05) is 0 Å².